The second-order valence-electron chi connectivity index (χ2n) is 6.61. The van der Waals surface area contributed by atoms with Gasteiger partial charge in [-0.05, 0) is 32.3 Å². The maximum absolute atomic E-state index is 12.6. The average Bonchev–Trinajstić information content (AvgIpc) is 2.94. The number of carboxylic acids is 1. The number of nitrogens with zero attached hydrogens (tertiary/aromatic N) is 2. The van der Waals surface area contributed by atoms with E-state index in [1.54, 1.807) is 11.8 Å². The van der Waals surface area contributed by atoms with Gasteiger partial charge in [0.05, 0.1) is 17.5 Å². The van der Waals surface area contributed by atoms with Gasteiger partial charge in [-0.25, -0.2) is 0 Å². The molecule has 0 unspecified atom stereocenters. The van der Waals surface area contributed by atoms with Gasteiger partial charge in [-0.1, -0.05) is 35.5 Å². The summed E-state index contributed by atoms with van der Waals surface area (Å²) in [5.74, 6) is -0.176. The van der Waals surface area contributed by atoms with Crippen LogP contribution >= 0.6 is 0 Å². The Balaban J connectivity index is 1.72. The Hall–Kier alpha value is -2.63. The Bertz CT molecular complexity index is 754. The third kappa shape index (κ3) is 3.16. The van der Waals surface area contributed by atoms with Gasteiger partial charge in [0.1, 0.15) is 5.76 Å². The van der Waals surface area contributed by atoms with E-state index in [0.717, 1.165) is 16.8 Å². The second-order valence-corrected chi connectivity index (χ2v) is 6.61. The first kappa shape index (κ1) is 17.2. The van der Waals surface area contributed by atoms with Gasteiger partial charge in [0.2, 0.25) is 5.91 Å². The lowest BCUT2D eigenvalue weighted by Gasteiger charge is -2.39. The minimum Gasteiger partial charge on any atom is -0.481 e. The molecule has 0 aliphatic carbocycles. The molecular formula is C19H22N2O4. The molecule has 2 heterocycles. The Morgan fingerprint density at radius 3 is 2.36 bits per heavy atom. The first-order chi connectivity index (χ1) is 11.9. The van der Waals surface area contributed by atoms with Gasteiger partial charge in [-0.3, -0.25) is 9.59 Å². The highest BCUT2D eigenvalue weighted by atomic mass is 16.5. The van der Waals surface area contributed by atoms with Crippen molar-refractivity contribution in [3.63, 3.8) is 0 Å². The van der Waals surface area contributed by atoms with Gasteiger partial charge >= 0.3 is 5.97 Å². The van der Waals surface area contributed by atoms with Crippen LogP contribution < -0.4 is 0 Å². The Labute approximate surface area is 146 Å². The van der Waals surface area contributed by atoms with Crippen molar-refractivity contribution in [2.45, 2.75) is 38.5 Å². The molecule has 6 nitrogen and oxygen atoms in total. The molecule has 1 fully saturated rings. The summed E-state index contributed by atoms with van der Waals surface area (Å²) in [5, 5.41) is 13.7. The maximum Gasteiger partial charge on any atom is 0.314 e. The predicted molar refractivity (Wildman–Crippen MR) is 91.3 cm³/mol. The first-order valence-corrected chi connectivity index (χ1v) is 8.42. The number of aryl methyl sites for hydroxylation is 2. The van der Waals surface area contributed by atoms with Crippen LogP contribution in [0.4, 0.5) is 0 Å². The predicted octanol–water partition coefficient (Wildman–Crippen LogP) is 2.48. The number of benzene rings is 1. The molecule has 1 aromatic carbocycles. The van der Waals surface area contributed by atoms with E-state index >= 15 is 0 Å². The molecule has 6 heteroatoms. The smallest absolute Gasteiger partial charge is 0.314 e. The van der Waals surface area contributed by atoms with E-state index in [4.69, 9.17) is 4.52 Å². The molecule has 132 valence electrons. The number of piperidine rings is 1. The molecule has 2 aromatic rings. The van der Waals surface area contributed by atoms with Crippen molar-refractivity contribution in [3.8, 4) is 0 Å². The van der Waals surface area contributed by atoms with Crippen LogP contribution in [0.15, 0.2) is 34.9 Å². The van der Waals surface area contributed by atoms with Gasteiger partial charge in [-0.2, -0.15) is 0 Å². The fourth-order valence-corrected chi connectivity index (χ4v) is 3.54. The summed E-state index contributed by atoms with van der Waals surface area (Å²) >= 11 is 0. The van der Waals surface area contributed by atoms with Gasteiger partial charge in [0, 0.05) is 18.7 Å². The van der Waals surface area contributed by atoms with E-state index in [9.17, 15) is 14.7 Å². The number of likely N-dealkylation sites (tertiary alicyclic amines) is 1. The molecule has 1 aromatic heterocycles. The molecule has 1 saturated heterocycles. The molecule has 1 N–H and O–H groups in total. The molecule has 0 radical (unpaired) electrons. The molecule has 1 amide bonds. The van der Waals surface area contributed by atoms with Gasteiger partial charge in [-0.15, -0.1) is 0 Å². The van der Waals surface area contributed by atoms with Crippen LogP contribution in [-0.2, 0) is 21.4 Å². The van der Waals surface area contributed by atoms with Crippen LogP contribution in [0.2, 0.25) is 0 Å². The lowest BCUT2D eigenvalue weighted by Crippen LogP contribution is -2.49. The van der Waals surface area contributed by atoms with Crippen LogP contribution in [0, 0.1) is 13.8 Å². The second kappa shape index (κ2) is 6.70. The van der Waals surface area contributed by atoms with Gasteiger partial charge < -0.3 is 14.5 Å². The molecule has 1 aliphatic rings. The van der Waals surface area contributed by atoms with Gasteiger partial charge in [0.15, 0.2) is 0 Å². The zero-order chi connectivity index (χ0) is 18.0. The van der Waals surface area contributed by atoms with E-state index in [2.05, 4.69) is 5.16 Å². The molecule has 0 saturated carbocycles. The molecule has 3 rings (SSSR count). The minimum atomic E-state index is -0.916. The number of hydrogen-bond donors (Lipinski definition) is 1. The minimum absolute atomic E-state index is 0.0125. The van der Waals surface area contributed by atoms with Crippen LogP contribution in [0.1, 0.15) is 35.4 Å². The van der Waals surface area contributed by atoms with Crippen molar-refractivity contribution in [1.82, 2.24) is 10.1 Å². The van der Waals surface area contributed by atoms with Crippen molar-refractivity contribution in [2.75, 3.05) is 13.1 Å². The summed E-state index contributed by atoms with van der Waals surface area (Å²) in [6.07, 6.45) is 1.08. The monoisotopic (exact) mass is 342 g/mol. The fraction of sp³-hybridized carbons (Fsp3) is 0.421. The Kier molecular flexibility index (Phi) is 4.61. The van der Waals surface area contributed by atoms with Crippen molar-refractivity contribution in [2.24, 2.45) is 0 Å². The van der Waals surface area contributed by atoms with Crippen LogP contribution in [0.5, 0.6) is 0 Å². The van der Waals surface area contributed by atoms with Crippen molar-refractivity contribution >= 4 is 11.9 Å². The normalized spacial score (nSPS) is 16.6. The Morgan fingerprint density at radius 1 is 1.20 bits per heavy atom. The van der Waals surface area contributed by atoms with E-state index in [1.165, 1.54) is 0 Å². The molecule has 0 spiro atoms. The molecule has 25 heavy (non-hydrogen) atoms. The van der Waals surface area contributed by atoms with E-state index < -0.39 is 11.4 Å². The largest absolute Gasteiger partial charge is 0.481 e. The van der Waals surface area contributed by atoms with Crippen molar-refractivity contribution < 1.29 is 19.2 Å². The standard InChI is InChI=1S/C19H22N2O4/c1-13-16(14(2)25-20-13)12-17(22)21-10-8-19(9-11-21,18(23)24)15-6-4-3-5-7-15/h3-7H,8-12H2,1-2H3,(H,23,24). The number of carbonyl (C=O) groups excluding carboxylic acids is 1. The van der Waals surface area contributed by atoms with Crippen molar-refractivity contribution in [3.05, 3.63) is 52.9 Å². The zero-order valence-electron chi connectivity index (χ0n) is 14.5. The molecule has 1 aliphatic heterocycles. The molecule has 0 bridgehead atoms. The highest BCUT2D eigenvalue weighted by Crippen LogP contribution is 2.36. The number of amides is 1. The highest BCUT2D eigenvalue weighted by molar-refractivity contribution is 5.83. The number of aliphatic carboxylic acids is 1. The summed E-state index contributed by atoms with van der Waals surface area (Å²) in [4.78, 5) is 26.3. The van der Waals surface area contributed by atoms with Crippen molar-refractivity contribution in [1.29, 1.82) is 0 Å². The summed E-state index contributed by atoms with van der Waals surface area (Å²) in [5.41, 5.74) is 1.44. The van der Waals surface area contributed by atoms with Crippen LogP contribution in [0.25, 0.3) is 0 Å². The quantitative estimate of drug-likeness (QED) is 0.923. The number of aromatic nitrogens is 1. The number of carboxylic acid groups (broad SMARTS) is 1. The average molecular weight is 342 g/mol. The zero-order valence-corrected chi connectivity index (χ0v) is 14.5. The number of rotatable bonds is 4. The summed E-state index contributed by atoms with van der Waals surface area (Å²) < 4.78 is 5.11. The van der Waals surface area contributed by atoms with E-state index in [0.29, 0.717) is 31.7 Å². The highest BCUT2D eigenvalue weighted by Gasteiger charge is 2.43. The van der Waals surface area contributed by atoms with E-state index in [-0.39, 0.29) is 12.3 Å². The van der Waals surface area contributed by atoms with Crippen LogP contribution in [0.3, 0.4) is 0 Å². The first-order valence-electron chi connectivity index (χ1n) is 8.42. The topological polar surface area (TPSA) is 83.6 Å². The maximum atomic E-state index is 12.6. The molecular weight excluding hydrogens is 320 g/mol. The SMILES string of the molecule is Cc1noc(C)c1CC(=O)N1CCC(C(=O)O)(c2ccccc2)CC1. The van der Waals surface area contributed by atoms with Crippen LogP contribution in [-0.4, -0.2) is 40.1 Å². The third-order valence-corrected chi connectivity index (χ3v) is 5.21. The fourth-order valence-electron chi connectivity index (χ4n) is 3.54. The summed E-state index contributed by atoms with van der Waals surface area (Å²) in [7, 11) is 0. The Morgan fingerprint density at radius 2 is 1.84 bits per heavy atom. The third-order valence-electron chi connectivity index (χ3n) is 5.21. The summed E-state index contributed by atoms with van der Waals surface area (Å²) in [6.45, 7) is 4.48. The summed E-state index contributed by atoms with van der Waals surface area (Å²) in [6, 6.07) is 9.30. The van der Waals surface area contributed by atoms with Gasteiger partial charge in [0.25, 0.3) is 0 Å². The molecule has 0 atom stereocenters. The van der Waals surface area contributed by atoms with E-state index in [1.807, 2.05) is 37.3 Å². The number of hydrogen-bond acceptors (Lipinski definition) is 4. The number of carbonyl (C=O) groups is 2. The lowest BCUT2D eigenvalue weighted by atomic mass is 9.73. The lowest BCUT2D eigenvalue weighted by molar-refractivity contribution is -0.148.